The van der Waals surface area contributed by atoms with Crippen molar-refractivity contribution in [3.05, 3.63) is 53.4 Å². The number of nitrogens with one attached hydrogen (secondary N) is 1. The lowest BCUT2D eigenvalue weighted by Gasteiger charge is -2.25. The Balaban J connectivity index is 1.55. The van der Waals surface area contributed by atoms with Gasteiger partial charge in [0.05, 0.1) is 6.54 Å². The first-order valence-electron chi connectivity index (χ1n) is 7.19. The minimum atomic E-state index is -1.06. The molecule has 4 rings (SSSR count). The molecule has 0 saturated heterocycles. The van der Waals surface area contributed by atoms with Crippen molar-refractivity contribution in [3.63, 3.8) is 0 Å². The third-order valence-electron chi connectivity index (χ3n) is 4.09. The Bertz CT molecular complexity index is 849. The number of carboxylic acids is 1. The van der Waals surface area contributed by atoms with E-state index < -0.39 is 5.97 Å². The lowest BCUT2D eigenvalue weighted by atomic mass is 10.0. The fourth-order valence-corrected chi connectivity index (χ4v) is 3.06. The quantitative estimate of drug-likeness (QED) is 0.775. The van der Waals surface area contributed by atoms with Crippen LogP contribution in [0.1, 0.15) is 27.6 Å². The van der Waals surface area contributed by atoms with Crippen molar-refractivity contribution in [2.45, 2.75) is 19.5 Å². The first kappa shape index (κ1) is 13.1. The van der Waals surface area contributed by atoms with E-state index in [4.69, 9.17) is 9.52 Å². The van der Waals surface area contributed by atoms with Crippen molar-refractivity contribution in [1.82, 2.24) is 14.9 Å². The summed E-state index contributed by atoms with van der Waals surface area (Å²) in [4.78, 5) is 20.5. The van der Waals surface area contributed by atoms with Crippen LogP contribution >= 0.6 is 0 Å². The molecule has 6 nitrogen and oxygen atoms in total. The normalized spacial score (nSPS) is 15.1. The van der Waals surface area contributed by atoms with Gasteiger partial charge in [0, 0.05) is 29.7 Å². The van der Waals surface area contributed by atoms with E-state index in [1.807, 2.05) is 6.07 Å². The third kappa shape index (κ3) is 2.17. The lowest BCUT2D eigenvalue weighted by Crippen LogP contribution is -2.30. The number of fused-ring (bicyclic) bond motifs is 3. The summed E-state index contributed by atoms with van der Waals surface area (Å²) >= 11 is 0. The molecule has 2 aromatic heterocycles. The summed E-state index contributed by atoms with van der Waals surface area (Å²) in [6, 6.07) is 8.32. The van der Waals surface area contributed by atoms with Gasteiger partial charge >= 0.3 is 5.97 Å². The molecule has 3 aromatic rings. The number of para-hydroxylation sites is 1. The number of benzene rings is 1. The van der Waals surface area contributed by atoms with Crippen LogP contribution in [0.4, 0.5) is 0 Å². The van der Waals surface area contributed by atoms with Gasteiger partial charge < -0.3 is 14.5 Å². The number of nitrogens with zero attached hydrogens (tertiary/aromatic N) is 2. The van der Waals surface area contributed by atoms with Crippen LogP contribution in [-0.2, 0) is 19.5 Å². The summed E-state index contributed by atoms with van der Waals surface area (Å²) in [6.07, 6.45) is 2.15. The molecule has 0 aliphatic carbocycles. The molecular weight excluding hydrogens is 282 g/mol. The molecule has 1 aromatic carbocycles. The first-order chi connectivity index (χ1) is 10.7. The molecule has 1 aliphatic rings. The van der Waals surface area contributed by atoms with Gasteiger partial charge in [-0.1, -0.05) is 18.2 Å². The van der Waals surface area contributed by atoms with Crippen LogP contribution in [0.2, 0.25) is 0 Å². The largest absolute Gasteiger partial charge is 0.476 e. The van der Waals surface area contributed by atoms with Gasteiger partial charge in [-0.2, -0.15) is 0 Å². The second-order valence-electron chi connectivity index (χ2n) is 5.52. The number of aromatic carboxylic acids is 1. The molecule has 0 spiro atoms. The monoisotopic (exact) mass is 297 g/mol. The fraction of sp³-hybridized carbons (Fsp3) is 0.250. The molecule has 0 saturated carbocycles. The topological polar surface area (TPSA) is 82.4 Å². The van der Waals surface area contributed by atoms with Gasteiger partial charge in [0.2, 0.25) is 5.89 Å². The van der Waals surface area contributed by atoms with Crippen LogP contribution in [-0.4, -0.2) is 32.5 Å². The average Bonchev–Trinajstić information content (AvgIpc) is 3.11. The summed E-state index contributed by atoms with van der Waals surface area (Å²) in [5.41, 5.74) is 3.72. The Kier molecular flexibility index (Phi) is 2.97. The Hall–Kier alpha value is -2.60. The Labute approximate surface area is 126 Å². The molecule has 0 bridgehead atoms. The minimum Gasteiger partial charge on any atom is -0.476 e. The maximum Gasteiger partial charge on any atom is 0.357 e. The van der Waals surface area contributed by atoms with Crippen molar-refractivity contribution >= 4 is 16.9 Å². The van der Waals surface area contributed by atoms with Crippen LogP contribution in [0.3, 0.4) is 0 Å². The summed E-state index contributed by atoms with van der Waals surface area (Å²) in [5.74, 6) is -0.622. The standard InChI is InChI=1S/C16H15N3O3/c20-16(21)14-9-22-15(18-14)8-19-6-5-11-10-3-1-2-4-12(10)17-13(11)7-19/h1-4,9,17H,5-8H2,(H,20,21). The molecule has 0 fully saturated rings. The second kappa shape index (κ2) is 4.99. The molecule has 2 N–H and O–H groups in total. The van der Waals surface area contributed by atoms with Crippen LogP contribution in [0.5, 0.6) is 0 Å². The molecule has 6 heteroatoms. The van der Waals surface area contributed by atoms with Crippen molar-refractivity contribution in [2.24, 2.45) is 0 Å². The van der Waals surface area contributed by atoms with Gasteiger partial charge in [0.1, 0.15) is 6.26 Å². The first-order valence-corrected chi connectivity index (χ1v) is 7.19. The van der Waals surface area contributed by atoms with Crippen molar-refractivity contribution < 1.29 is 14.3 Å². The summed E-state index contributed by atoms with van der Waals surface area (Å²) in [6.45, 7) is 2.20. The highest BCUT2D eigenvalue weighted by Crippen LogP contribution is 2.27. The molecule has 3 heterocycles. The van der Waals surface area contributed by atoms with Gasteiger partial charge in [-0.15, -0.1) is 0 Å². The van der Waals surface area contributed by atoms with E-state index in [2.05, 4.69) is 33.1 Å². The molecule has 0 amide bonds. The van der Waals surface area contributed by atoms with E-state index in [9.17, 15) is 4.79 Å². The lowest BCUT2D eigenvalue weighted by molar-refractivity contribution is 0.0690. The Morgan fingerprint density at radius 1 is 1.41 bits per heavy atom. The van der Waals surface area contributed by atoms with E-state index >= 15 is 0 Å². The predicted octanol–water partition coefficient (Wildman–Crippen LogP) is 2.41. The van der Waals surface area contributed by atoms with E-state index in [1.165, 1.54) is 28.4 Å². The number of hydrogen-bond donors (Lipinski definition) is 2. The zero-order chi connectivity index (χ0) is 15.1. The van der Waals surface area contributed by atoms with Crippen LogP contribution in [0.15, 0.2) is 34.9 Å². The highest BCUT2D eigenvalue weighted by molar-refractivity contribution is 5.85. The van der Waals surface area contributed by atoms with E-state index in [-0.39, 0.29) is 5.69 Å². The van der Waals surface area contributed by atoms with Gasteiger partial charge in [-0.25, -0.2) is 9.78 Å². The maximum atomic E-state index is 10.8. The molecule has 0 radical (unpaired) electrons. The van der Waals surface area contributed by atoms with Crippen molar-refractivity contribution in [2.75, 3.05) is 6.54 Å². The number of oxazole rings is 1. The number of aromatic nitrogens is 2. The van der Waals surface area contributed by atoms with Gasteiger partial charge in [-0.3, -0.25) is 4.90 Å². The van der Waals surface area contributed by atoms with Gasteiger partial charge in [0.15, 0.2) is 5.69 Å². The van der Waals surface area contributed by atoms with Gasteiger partial charge in [0.25, 0.3) is 0 Å². The zero-order valence-corrected chi connectivity index (χ0v) is 11.9. The minimum absolute atomic E-state index is 0.0432. The van der Waals surface area contributed by atoms with Crippen molar-refractivity contribution in [3.8, 4) is 0 Å². The molecular formula is C16H15N3O3. The highest BCUT2D eigenvalue weighted by atomic mass is 16.4. The fourth-order valence-electron chi connectivity index (χ4n) is 3.06. The predicted molar refractivity (Wildman–Crippen MR) is 79.6 cm³/mol. The summed E-state index contributed by atoms with van der Waals surface area (Å²) in [7, 11) is 0. The maximum absolute atomic E-state index is 10.8. The van der Waals surface area contributed by atoms with E-state index in [0.717, 1.165) is 19.5 Å². The number of carboxylic acid groups (broad SMARTS) is 1. The van der Waals surface area contributed by atoms with E-state index in [1.54, 1.807) is 0 Å². The average molecular weight is 297 g/mol. The van der Waals surface area contributed by atoms with Crippen molar-refractivity contribution in [1.29, 1.82) is 0 Å². The second-order valence-corrected chi connectivity index (χ2v) is 5.52. The van der Waals surface area contributed by atoms with Crippen LogP contribution in [0, 0.1) is 0 Å². The van der Waals surface area contributed by atoms with Crippen LogP contribution in [0.25, 0.3) is 10.9 Å². The van der Waals surface area contributed by atoms with E-state index in [0.29, 0.717) is 12.4 Å². The van der Waals surface area contributed by atoms with Crippen LogP contribution < -0.4 is 0 Å². The molecule has 112 valence electrons. The number of H-pyrrole nitrogens is 1. The molecule has 0 atom stereocenters. The smallest absolute Gasteiger partial charge is 0.357 e. The molecule has 0 unspecified atom stereocenters. The molecule has 1 aliphatic heterocycles. The molecule has 22 heavy (non-hydrogen) atoms. The third-order valence-corrected chi connectivity index (χ3v) is 4.09. The number of aromatic amines is 1. The number of hydrogen-bond acceptors (Lipinski definition) is 4. The summed E-state index contributed by atoms with van der Waals surface area (Å²) < 4.78 is 5.23. The highest BCUT2D eigenvalue weighted by Gasteiger charge is 2.22. The zero-order valence-electron chi connectivity index (χ0n) is 11.9. The number of rotatable bonds is 3. The Morgan fingerprint density at radius 3 is 3.09 bits per heavy atom. The van der Waals surface area contributed by atoms with Gasteiger partial charge in [-0.05, 0) is 18.1 Å². The summed E-state index contributed by atoms with van der Waals surface area (Å²) in [5, 5.41) is 10.2. The Morgan fingerprint density at radius 2 is 2.27 bits per heavy atom. The number of carbonyl (C=O) groups is 1. The SMILES string of the molecule is O=C(O)c1coc(CN2CCc3c([nH]c4ccccc34)C2)n1.